The van der Waals surface area contributed by atoms with Crippen molar-refractivity contribution in [1.82, 2.24) is 0 Å². The van der Waals surface area contributed by atoms with Gasteiger partial charge in [-0.3, -0.25) is 0 Å². The van der Waals surface area contributed by atoms with E-state index in [9.17, 15) is 0 Å². The summed E-state index contributed by atoms with van der Waals surface area (Å²) in [6.07, 6.45) is 0.827. The molecule has 1 aliphatic rings. The fourth-order valence-corrected chi connectivity index (χ4v) is 1.74. The molecule has 0 saturated carbocycles. The highest BCUT2D eigenvalue weighted by Crippen LogP contribution is 2.23. The highest BCUT2D eigenvalue weighted by molar-refractivity contribution is 5.22. The molecule has 1 fully saturated rings. The molecule has 0 unspecified atom stereocenters. The number of hydrogen-bond donors (Lipinski definition) is 0. The lowest BCUT2D eigenvalue weighted by Crippen LogP contribution is -2.28. The van der Waals surface area contributed by atoms with E-state index in [-0.39, 0.29) is 0 Å². The monoisotopic (exact) mass is 192 g/mol. The zero-order chi connectivity index (χ0) is 10.0. The van der Waals surface area contributed by atoms with Gasteiger partial charge in [0.1, 0.15) is 0 Å². The molecule has 1 aliphatic heterocycles. The van der Waals surface area contributed by atoms with Crippen LogP contribution < -0.4 is 0 Å². The summed E-state index contributed by atoms with van der Waals surface area (Å²) in [6, 6.07) is 8.50. The van der Waals surface area contributed by atoms with E-state index in [4.69, 9.17) is 9.47 Å². The molecule has 0 atom stereocenters. The van der Waals surface area contributed by atoms with Gasteiger partial charge >= 0.3 is 0 Å². The van der Waals surface area contributed by atoms with E-state index in [2.05, 4.69) is 31.2 Å². The first-order valence-corrected chi connectivity index (χ1v) is 5.01. The van der Waals surface area contributed by atoms with Crippen LogP contribution in [-0.2, 0) is 15.9 Å². The van der Waals surface area contributed by atoms with Crippen LogP contribution >= 0.6 is 0 Å². The second kappa shape index (κ2) is 3.71. The molecular weight excluding hydrogens is 176 g/mol. The van der Waals surface area contributed by atoms with Crippen LogP contribution in [0.15, 0.2) is 24.3 Å². The molecule has 0 radical (unpaired) electrons. The maximum absolute atomic E-state index is 5.55. The Balaban J connectivity index is 2.06. The number of hydrogen-bond acceptors (Lipinski definition) is 2. The molecule has 0 aromatic heterocycles. The van der Waals surface area contributed by atoms with Crippen LogP contribution in [0.2, 0.25) is 0 Å². The molecule has 1 aromatic carbocycles. The Morgan fingerprint density at radius 2 is 1.71 bits per heavy atom. The highest BCUT2D eigenvalue weighted by atomic mass is 16.7. The van der Waals surface area contributed by atoms with E-state index in [1.165, 1.54) is 11.1 Å². The van der Waals surface area contributed by atoms with E-state index < -0.39 is 5.79 Å². The van der Waals surface area contributed by atoms with Gasteiger partial charge in [-0.2, -0.15) is 0 Å². The van der Waals surface area contributed by atoms with Crippen LogP contribution in [0.25, 0.3) is 0 Å². The van der Waals surface area contributed by atoms with Gasteiger partial charge < -0.3 is 9.47 Å². The van der Waals surface area contributed by atoms with Gasteiger partial charge in [-0.1, -0.05) is 29.8 Å². The van der Waals surface area contributed by atoms with Crippen LogP contribution in [0.3, 0.4) is 0 Å². The average molecular weight is 192 g/mol. The van der Waals surface area contributed by atoms with Gasteiger partial charge in [-0.15, -0.1) is 0 Å². The van der Waals surface area contributed by atoms with Crippen molar-refractivity contribution in [3.8, 4) is 0 Å². The maximum atomic E-state index is 5.55. The smallest absolute Gasteiger partial charge is 0.169 e. The van der Waals surface area contributed by atoms with Gasteiger partial charge in [0, 0.05) is 6.42 Å². The molecular formula is C12H16O2. The number of ether oxygens (including phenoxy) is 2. The van der Waals surface area contributed by atoms with Crippen LogP contribution in [-0.4, -0.2) is 19.0 Å². The van der Waals surface area contributed by atoms with Crippen LogP contribution in [0.5, 0.6) is 0 Å². The van der Waals surface area contributed by atoms with Crippen molar-refractivity contribution in [1.29, 1.82) is 0 Å². The standard InChI is InChI=1S/C12H16O2/c1-10-3-5-11(6-4-10)9-12(2)13-7-8-14-12/h3-6H,7-9H2,1-2H3. The van der Waals surface area contributed by atoms with E-state index in [0.717, 1.165) is 6.42 Å². The molecule has 14 heavy (non-hydrogen) atoms. The lowest BCUT2D eigenvalue weighted by molar-refractivity contribution is -0.140. The predicted octanol–water partition coefficient (Wildman–Crippen LogP) is 2.30. The molecule has 0 N–H and O–H groups in total. The summed E-state index contributed by atoms with van der Waals surface area (Å²) in [5, 5.41) is 0. The Kier molecular flexibility index (Phi) is 2.57. The molecule has 2 heteroatoms. The van der Waals surface area contributed by atoms with Gasteiger partial charge in [0.15, 0.2) is 5.79 Å². The molecule has 0 bridgehead atoms. The third kappa shape index (κ3) is 2.14. The summed E-state index contributed by atoms with van der Waals surface area (Å²) in [4.78, 5) is 0. The summed E-state index contributed by atoms with van der Waals surface area (Å²) in [6.45, 7) is 5.51. The molecule has 76 valence electrons. The highest BCUT2D eigenvalue weighted by Gasteiger charge is 2.30. The number of rotatable bonds is 2. The average Bonchev–Trinajstić information content (AvgIpc) is 2.57. The maximum Gasteiger partial charge on any atom is 0.169 e. The predicted molar refractivity (Wildman–Crippen MR) is 55.2 cm³/mol. The minimum absolute atomic E-state index is 0.407. The van der Waals surface area contributed by atoms with Crippen molar-refractivity contribution in [3.05, 3.63) is 35.4 Å². The SMILES string of the molecule is Cc1ccc(CC2(C)OCCO2)cc1. The fraction of sp³-hybridized carbons (Fsp3) is 0.500. The topological polar surface area (TPSA) is 18.5 Å². The first-order chi connectivity index (χ1) is 6.68. The zero-order valence-corrected chi connectivity index (χ0v) is 8.75. The van der Waals surface area contributed by atoms with Crippen LogP contribution in [0.4, 0.5) is 0 Å². The van der Waals surface area contributed by atoms with Crippen molar-refractivity contribution >= 4 is 0 Å². The third-order valence-electron chi connectivity index (χ3n) is 2.54. The first kappa shape index (κ1) is 9.69. The van der Waals surface area contributed by atoms with E-state index >= 15 is 0 Å². The Labute approximate surface area is 84.8 Å². The molecule has 2 rings (SSSR count). The lowest BCUT2D eigenvalue weighted by atomic mass is 10.1. The van der Waals surface area contributed by atoms with Crippen LogP contribution in [0.1, 0.15) is 18.1 Å². The largest absolute Gasteiger partial charge is 0.347 e. The van der Waals surface area contributed by atoms with E-state index in [0.29, 0.717) is 13.2 Å². The lowest BCUT2D eigenvalue weighted by Gasteiger charge is -2.22. The Hall–Kier alpha value is -0.860. The molecule has 1 heterocycles. The van der Waals surface area contributed by atoms with Gasteiger partial charge in [0.25, 0.3) is 0 Å². The fourth-order valence-electron chi connectivity index (χ4n) is 1.74. The zero-order valence-electron chi connectivity index (χ0n) is 8.75. The summed E-state index contributed by atoms with van der Waals surface area (Å²) >= 11 is 0. The summed E-state index contributed by atoms with van der Waals surface area (Å²) in [5.74, 6) is -0.407. The Morgan fingerprint density at radius 3 is 2.29 bits per heavy atom. The summed E-state index contributed by atoms with van der Waals surface area (Å²) < 4.78 is 11.1. The minimum Gasteiger partial charge on any atom is -0.347 e. The minimum atomic E-state index is -0.407. The normalized spacial score (nSPS) is 19.9. The third-order valence-corrected chi connectivity index (χ3v) is 2.54. The Bertz CT molecular complexity index is 297. The summed E-state index contributed by atoms with van der Waals surface area (Å²) in [5.41, 5.74) is 2.55. The Morgan fingerprint density at radius 1 is 1.14 bits per heavy atom. The van der Waals surface area contributed by atoms with Crippen molar-refractivity contribution in [3.63, 3.8) is 0 Å². The second-order valence-corrected chi connectivity index (χ2v) is 3.99. The molecule has 0 amide bonds. The van der Waals surface area contributed by atoms with E-state index in [1.807, 2.05) is 6.92 Å². The van der Waals surface area contributed by atoms with Crippen molar-refractivity contribution in [2.24, 2.45) is 0 Å². The summed E-state index contributed by atoms with van der Waals surface area (Å²) in [7, 11) is 0. The van der Waals surface area contributed by atoms with Crippen molar-refractivity contribution < 1.29 is 9.47 Å². The molecule has 1 aromatic rings. The molecule has 0 aliphatic carbocycles. The quantitative estimate of drug-likeness (QED) is 0.715. The van der Waals surface area contributed by atoms with Gasteiger partial charge in [0.2, 0.25) is 0 Å². The van der Waals surface area contributed by atoms with Gasteiger partial charge in [-0.25, -0.2) is 0 Å². The molecule has 1 saturated heterocycles. The van der Waals surface area contributed by atoms with Gasteiger partial charge in [-0.05, 0) is 19.4 Å². The second-order valence-electron chi connectivity index (χ2n) is 3.99. The van der Waals surface area contributed by atoms with Crippen molar-refractivity contribution in [2.75, 3.05) is 13.2 Å². The van der Waals surface area contributed by atoms with E-state index in [1.54, 1.807) is 0 Å². The number of benzene rings is 1. The van der Waals surface area contributed by atoms with Crippen LogP contribution in [0, 0.1) is 6.92 Å². The molecule has 0 spiro atoms. The number of aryl methyl sites for hydroxylation is 1. The first-order valence-electron chi connectivity index (χ1n) is 5.01. The van der Waals surface area contributed by atoms with Crippen molar-refractivity contribution in [2.45, 2.75) is 26.1 Å². The molecule has 2 nitrogen and oxygen atoms in total. The van der Waals surface area contributed by atoms with Gasteiger partial charge in [0.05, 0.1) is 13.2 Å².